The Morgan fingerprint density at radius 3 is 1.58 bits per heavy atom. The molecule has 0 spiro atoms. The number of fused-ring (bicyclic) bond motifs is 14. The molecule has 0 saturated heterocycles. The molecule has 0 bridgehead atoms. The first-order chi connectivity index (χ1) is 30.6. The minimum absolute atomic E-state index is 0.0763. The van der Waals surface area contributed by atoms with E-state index in [0.29, 0.717) is 0 Å². The molecule has 13 rings (SSSR count). The van der Waals surface area contributed by atoms with E-state index in [-0.39, 0.29) is 21.7 Å². The van der Waals surface area contributed by atoms with E-state index in [2.05, 4.69) is 225 Å². The van der Waals surface area contributed by atoms with Crippen molar-refractivity contribution >= 4 is 51.4 Å². The van der Waals surface area contributed by atoms with E-state index >= 15 is 0 Å². The lowest BCUT2D eigenvalue weighted by Crippen LogP contribution is -2.37. The largest absolute Gasteiger partial charge is 0.355 e. The van der Waals surface area contributed by atoms with E-state index in [1.807, 2.05) is 0 Å². The van der Waals surface area contributed by atoms with Crippen LogP contribution in [0.3, 0.4) is 0 Å². The van der Waals surface area contributed by atoms with E-state index in [4.69, 9.17) is 0 Å². The highest BCUT2D eigenvalue weighted by Gasteiger charge is 2.41. The highest BCUT2D eigenvalue weighted by molar-refractivity contribution is 6.73. The molecule has 3 heteroatoms. The fraction of sp³-hybridized carbons (Fsp3) is 0.213. The first-order valence-electron chi connectivity index (χ1n) is 23.2. The summed E-state index contributed by atoms with van der Waals surface area (Å²) in [6.45, 7) is 21.2. The molecule has 1 radical (unpaired) electrons. The third-order valence-electron chi connectivity index (χ3n) is 16.0. The number of aromatic nitrogens is 1. The van der Waals surface area contributed by atoms with Gasteiger partial charge in [-0.3, -0.25) is 0 Å². The van der Waals surface area contributed by atoms with Crippen molar-refractivity contribution < 1.29 is 0 Å². The summed E-state index contributed by atoms with van der Waals surface area (Å²) in [7, 11) is 2.51. The van der Waals surface area contributed by atoms with Crippen LogP contribution in [0.25, 0.3) is 72.0 Å². The molecule has 8 aromatic carbocycles. The normalized spacial score (nSPS) is 16.1. The summed E-state index contributed by atoms with van der Waals surface area (Å²) >= 11 is 0. The fourth-order valence-corrected chi connectivity index (χ4v) is 12.5. The molecule has 3 aliphatic carbocycles. The third kappa shape index (κ3) is 4.88. The van der Waals surface area contributed by atoms with Gasteiger partial charge in [0.15, 0.2) is 7.28 Å². The Morgan fingerprint density at radius 1 is 0.453 bits per heavy atom. The van der Waals surface area contributed by atoms with Crippen LogP contribution in [0.5, 0.6) is 0 Å². The third-order valence-corrected chi connectivity index (χ3v) is 16.0. The Hall–Kier alpha value is -6.58. The van der Waals surface area contributed by atoms with Gasteiger partial charge in [-0.05, 0) is 131 Å². The first kappa shape index (κ1) is 37.9. The van der Waals surface area contributed by atoms with E-state index in [1.54, 1.807) is 0 Å². The van der Waals surface area contributed by atoms with Gasteiger partial charge in [-0.25, -0.2) is 0 Å². The predicted molar refractivity (Wildman–Crippen MR) is 272 cm³/mol. The molecule has 309 valence electrons. The van der Waals surface area contributed by atoms with Crippen LogP contribution in [0.2, 0.25) is 0 Å². The second kappa shape index (κ2) is 12.4. The molecule has 9 aromatic rings. The second-order valence-electron chi connectivity index (χ2n) is 21.7. The summed E-state index contributed by atoms with van der Waals surface area (Å²) in [5, 5.41) is 6.62. The maximum atomic E-state index is 4.00. The van der Waals surface area contributed by atoms with E-state index < -0.39 is 0 Å². The highest BCUT2D eigenvalue weighted by atomic mass is 15.0. The minimum Gasteiger partial charge on any atom is -0.355 e. The fourth-order valence-electron chi connectivity index (χ4n) is 12.5. The van der Waals surface area contributed by atoms with Crippen LogP contribution >= 0.6 is 0 Å². The van der Waals surface area contributed by atoms with Crippen molar-refractivity contribution in [3.63, 3.8) is 0 Å². The maximum Gasteiger partial charge on any atom is 0.197 e. The number of benzene rings is 8. The molecule has 4 aliphatic rings. The van der Waals surface area contributed by atoms with Gasteiger partial charge < -0.3 is 9.88 Å². The molecule has 64 heavy (non-hydrogen) atoms. The molecule has 0 atom stereocenters. The quantitative estimate of drug-likeness (QED) is 0.176. The SMILES string of the molecule is CC(C)(C)c1ccc(Nc2cc3c(cc2-c2ccc4c5cc6c(cc5n5c4c2[B]c2cc4c(cc2-5)C(C)(C)c2ccccc2-4)-c2ccccc2C6(C)C)-c2ccccc2C3(C)C)cc1. The van der Waals surface area contributed by atoms with E-state index in [1.165, 1.54) is 122 Å². The van der Waals surface area contributed by atoms with Gasteiger partial charge in [0.25, 0.3) is 0 Å². The molecule has 2 heterocycles. The number of hydrogen-bond acceptors (Lipinski definition) is 1. The van der Waals surface area contributed by atoms with Crippen LogP contribution in [0.1, 0.15) is 101 Å². The number of anilines is 2. The Bertz CT molecular complexity index is 3550. The van der Waals surface area contributed by atoms with Crippen molar-refractivity contribution in [3.8, 4) is 50.2 Å². The van der Waals surface area contributed by atoms with Gasteiger partial charge in [0, 0.05) is 55.2 Å². The number of nitrogens with zero attached hydrogens (tertiary/aromatic N) is 1. The van der Waals surface area contributed by atoms with Crippen molar-refractivity contribution in [2.24, 2.45) is 0 Å². The van der Waals surface area contributed by atoms with E-state index in [0.717, 1.165) is 11.4 Å². The Kier molecular flexibility index (Phi) is 7.33. The highest BCUT2D eigenvalue weighted by Crippen LogP contribution is 2.55. The van der Waals surface area contributed by atoms with Crippen LogP contribution in [0.15, 0.2) is 146 Å². The summed E-state index contributed by atoms with van der Waals surface area (Å²) in [6, 6.07) is 56.1. The van der Waals surface area contributed by atoms with Crippen LogP contribution in [-0.4, -0.2) is 11.8 Å². The second-order valence-corrected chi connectivity index (χ2v) is 21.7. The van der Waals surface area contributed by atoms with Gasteiger partial charge in [-0.15, -0.1) is 0 Å². The molecule has 0 unspecified atom stereocenters. The van der Waals surface area contributed by atoms with Gasteiger partial charge in [0.05, 0.1) is 5.52 Å². The zero-order valence-electron chi connectivity index (χ0n) is 38.4. The molecule has 2 nitrogen and oxygen atoms in total. The number of rotatable bonds is 3. The van der Waals surface area contributed by atoms with Crippen LogP contribution in [-0.2, 0) is 21.7 Å². The Labute approximate surface area is 378 Å². The number of hydrogen-bond donors (Lipinski definition) is 1. The molecule has 0 fully saturated rings. The Morgan fingerprint density at radius 2 is 0.984 bits per heavy atom. The van der Waals surface area contributed by atoms with Crippen molar-refractivity contribution in [1.29, 1.82) is 0 Å². The summed E-state index contributed by atoms with van der Waals surface area (Å²) < 4.78 is 2.64. The zero-order valence-corrected chi connectivity index (χ0v) is 38.4. The molecule has 0 saturated carbocycles. The van der Waals surface area contributed by atoms with Crippen molar-refractivity contribution in [1.82, 2.24) is 4.57 Å². The summed E-state index contributed by atoms with van der Waals surface area (Å²) in [5.74, 6) is 0. The van der Waals surface area contributed by atoms with Gasteiger partial charge in [-0.1, -0.05) is 171 Å². The van der Waals surface area contributed by atoms with Crippen molar-refractivity contribution in [2.75, 3.05) is 5.32 Å². The maximum absolute atomic E-state index is 4.00. The summed E-state index contributed by atoms with van der Waals surface area (Å²) in [6.07, 6.45) is 0. The molecular formula is C61H52BN2. The lowest BCUT2D eigenvalue weighted by molar-refractivity contribution is 0.590. The standard InChI is InChI=1S/C61H52BN2/c1-58(2,3)34-22-24-35(25-23-34)63-53-32-50-41(36-16-10-13-19-46(36)60(50,6)7)28-44(53)39-26-27-40-45-29-49-43(38-18-12-15-21-48(38)59(49,4)5)31-54(45)64-55-33-51-42(30-52(55)62-56(39)57(40)64)37-17-11-14-20-47(37)61(51,8)9/h10-33,63H,1-9H3. The predicted octanol–water partition coefficient (Wildman–Crippen LogP) is 14.4. The van der Waals surface area contributed by atoms with Crippen molar-refractivity contribution in [2.45, 2.75) is 84.0 Å². The number of nitrogens with one attached hydrogen (secondary N) is 1. The average molecular weight is 824 g/mol. The Balaban J connectivity index is 1.11. The minimum atomic E-state index is -0.135. The lowest BCUT2D eigenvalue weighted by Gasteiger charge is -2.28. The van der Waals surface area contributed by atoms with E-state index in [9.17, 15) is 0 Å². The van der Waals surface area contributed by atoms with Crippen LogP contribution < -0.4 is 16.2 Å². The molecule has 0 amide bonds. The topological polar surface area (TPSA) is 17.0 Å². The molecular weight excluding hydrogens is 771 g/mol. The van der Waals surface area contributed by atoms with Gasteiger partial charge in [0.1, 0.15) is 0 Å². The zero-order chi connectivity index (χ0) is 43.8. The smallest absolute Gasteiger partial charge is 0.197 e. The summed E-state index contributed by atoms with van der Waals surface area (Å²) in [5.41, 5.74) is 28.5. The van der Waals surface area contributed by atoms with Crippen molar-refractivity contribution in [3.05, 3.63) is 185 Å². The van der Waals surface area contributed by atoms with Crippen LogP contribution in [0.4, 0.5) is 11.4 Å². The monoisotopic (exact) mass is 823 g/mol. The van der Waals surface area contributed by atoms with Gasteiger partial charge >= 0.3 is 0 Å². The van der Waals surface area contributed by atoms with Gasteiger partial charge in [-0.2, -0.15) is 0 Å². The average Bonchev–Trinajstić information content (AvgIpc) is 3.89. The molecule has 1 aliphatic heterocycles. The molecule has 1 N–H and O–H groups in total. The summed E-state index contributed by atoms with van der Waals surface area (Å²) in [4.78, 5) is 0. The van der Waals surface area contributed by atoms with Crippen LogP contribution in [0, 0.1) is 0 Å². The van der Waals surface area contributed by atoms with Gasteiger partial charge in [0.2, 0.25) is 0 Å². The lowest BCUT2D eigenvalue weighted by atomic mass is 9.58. The first-order valence-corrected chi connectivity index (χ1v) is 23.2. The molecule has 1 aromatic heterocycles.